The SMILES string of the molecule is CS(=O)(=O)Nc1cccc(C=NNC(=O)c2ccncc2)c1. The van der Waals surface area contributed by atoms with Gasteiger partial charge in [-0.2, -0.15) is 5.10 Å². The van der Waals surface area contributed by atoms with E-state index < -0.39 is 10.0 Å². The molecule has 0 fully saturated rings. The molecule has 2 aromatic rings. The Bertz CT molecular complexity index is 789. The number of nitrogens with zero attached hydrogens (tertiary/aromatic N) is 2. The number of hydrogen-bond donors (Lipinski definition) is 2. The molecule has 1 aromatic carbocycles. The molecule has 1 aromatic heterocycles. The first-order valence-corrected chi connectivity index (χ1v) is 8.14. The lowest BCUT2D eigenvalue weighted by Crippen LogP contribution is -2.17. The summed E-state index contributed by atoms with van der Waals surface area (Å²) in [7, 11) is -3.33. The van der Waals surface area contributed by atoms with Crippen molar-refractivity contribution in [3.8, 4) is 0 Å². The first-order valence-electron chi connectivity index (χ1n) is 6.25. The zero-order valence-electron chi connectivity index (χ0n) is 11.7. The highest BCUT2D eigenvalue weighted by Crippen LogP contribution is 2.10. The van der Waals surface area contributed by atoms with E-state index in [9.17, 15) is 13.2 Å². The second-order valence-corrected chi connectivity index (χ2v) is 6.18. The fourth-order valence-electron chi connectivity index (χ4n) is 1.63. The van der Waals surface area contributed by atoms with Gasteiger partial charge < -0.3 is 0 Å². The second-order valence-electron chi connectivity index (χ2n) is 4.43. The first-order chi connectivity index (χ1) is 10.4. The largest absolute Gasteiger partial charge is 0.284 e. The van der Waals surface area contributed by atoms with Crippen molar-refractivity contribution in [1.29, 1.82) is 0 Å². The van der Waals surface area contributed by atoms with E-state index >= 15 is 0 Å². The Morgan fingerprint density at radius 1 is 1.23 bits per heavy atom. The molecule has 1 amide bonds. The fraction of sp³-hybridized carbons (Fsp3) is 0.0714. The summed E-state index contributed by atoms with van der Waals surface area (Å²) in [6, 6.07) is 9.77. The minimum absolute atomic E-state index is 0.357. The van der Waals surface area contributed by atoms with Crippen LogP contribution in [-0.4, -0.2) is 31.8 Å². The van der Waals surface area contributed by atoms with E-state index in [4.69, 9.17) is 0 Å². The van der Waals surface area contributed by atoms with Gasteiger partial charge in [-0.05, 0) is 29.8 Å². The van der Waals surface area contributed by atoms with E-state index in [-0.39, 0.29) is 5.91 Å². The molecule has 0 spiro atoms. The van der Waals surface area contributed by atoms with Crippen molar-refractivity contribution >= 4 is 27.8 Å². The van der Waals surface area contributed by atoms with Crippen molar-refractivity contribution in [1.82, 2.24) is 10.4 Å². The Balaban J connectivity index is 2.02. The van der Waals surface area contributed by atoms with E-state index in [2.05, 4.69) is 20.2 Å². The Morgan fingerprint density at radius 3 is 2.64 bits per heavy atom. The van der Waals surface area contributed by atoms with Crippen LogP contribution in [0.2, 0.25) is 0 Å². The number of carbonyl (C=O) groups is 1. The highest BCUT2D eigenvalue weighted by atomic mass is 32.2. The van der Waals surface area contributed by atoms with Gasteiger partial charge >= 0.3 is 0 Å². The fourth-order valence-corrected chi connectivity index (χ4v) is 2.18. The van der Waals surface area contributed by atoms with Crippen LogP contribution in [0, 0.1) is 0 Å². The third-order valence-electron chi connectivity index (χ3n) is 2.51. The number of carbonyl (C=O) groups excluding carboxylic acids is 1. The van der Waals surface area contributed by atoms with Gasteiger partial charge in [-0.3, -0.25) is 14.5 Å². The molecule has 0 aliphatic carbocycles. The number of hydrogen-bond acceptors (Lipinski definition) is 5. The predicted molar refractivity (Wildman–Crippen MR) is 84.2 cm³/mol. The van der Waals surface area contributed by atoms with Gasteiger partial charge in [0.05, 0.1) is 12.5 Å². The third kappa shape index (κ3) is 4.98. The molecule has 0 unspecified atom stereocenters. The summed E-state index contributed by atoms with van der Waals surface area (Å²) in [5, 5.41) is 3.83. The molecule has 0 aliphatic heterocycles. The number of rotatable bonds is 5. The third-order valence-corrected chi connectivity index (χ3v) is 3.12. The summed E-state index contributed by atoms with van der Waals surface area (Å²) in [4.78, 5) is 15.6. The van der Waals surface area contributed by atoms with Gasteiger partial charge in [0.25, 0.3) is 5.91 Å². The zero-order chi connectivity index (χ0) is 16.0. The van der Waals surface area contributed by atoms with Crippen LogP contribution < -0.4 is 10.1 Å². The van der Waals surface area contributed by atoms with Crippen molar-refractivity contribution in [3.63, 3.8) is 0 Å². The molecule has 0 saturated carbocycles. The van der Waals surface area contributed by atoms with Crippen molar-refractivity contribution in [2.75, 3.05) is 11.0 Å². The summed E-state index contributed by atoms with van der Waals surface area (Å²) in [6.07, 6.45) is 5.52. The van der Waals surface area contributed by atoms with Gasteiger partial charge in [-0.1, -0.05) is 12.1 Å². The van der Waals surface area contributed by atoms with E-state index in [1.54, 1.807) is 36.4 Å². The lowest BCUT2D eigenvalue weighted by molar-refractivity contribution is 0.0955. The number of pyridine rings is 1. The van der Waals surface area contributed by atoms with Crippen molar-refractivity contribution in [2.24, 2.45) is 5.10 Å². The van der Waals surface area contributed by atoms with Crippen LogP contribution in [0.15, 0.2) is 53.9 Å². The number of sulfonamides is 1. The molecule has 114 valence electrons. The molecule has 0 aliphatic rings. The minimum Gasteiger partial charge on any atom is -0.284 e. The Morgan fingerprint density at radius 2 is 1.95 bits per heavy atom. The predicted octanol–water partition coefficient (Wildman–Crippen LogP) is 1.22. The lowest BCUT2D eigenvalue weighted by atomic mass is 10.2. The lowest BCUT2D eigenvalue weighted by Gasteiger charge is -2.04. The molecule has 1 heterocycles. The molecule has 8 heteroatoms. The number of nitrogens with one attached hydrogen (secondary N) is 2. The minimum atomic E-state index is -3.33. The van der Waals surface area contributed by atoms with Crippen LogP contribution in [-0.2, 0) is 10.0 Å². The summed E-state index contributed by atoms with van der Waals surface area (Å²) >= 11 is 0. The van der Waals surface area contributed by atoms with E-state index in [1.165, 1.54) is 18.6 Å². The maximum Gasteiger partial charge on any atom is 0.271 e. The highest BCUT2D eigenvalue weighted by Gasteiger charge is 2.03. The summed E-state index contributed by atoms with van der Waals surface area (Å²) in [5.41, 5.74) is 3.89. The van der Waals surface area contributed by atoms with Crippen molar-refractivity contribution in [3.05, 3.63) is 59.9 Å². The average molecular weight is 318 g/mol. The van der Waals surface area contributed by atoms with E-state index in [0.29, 0.717) is 16.8 Å². The number of aromatic nitrogens is 1. The summed E-state index contributed by atoms with van der Waals surface area (Å²) < 4.78 is 24.7. The van der Waals surface area contributed by atoms with Crippen LogP contribution in [0.25, 0.3) is 0 Å². The number of hydrazone groups is 1. The first kappa shape index (κ1) is 15.6. The molecular weight excluding hydrogens is 304 g/mol. The van der Waals surface area contributed by atoms with E-state index in [1.807, 2.05) is 0 Å². The smallest absolute Gasteiger partial charge is 0.271 e. The number of benzene rings is 1. The summed E-state index contributed by atoms with van der Waals surface area (Å²) in [6.45, 7) is 0. The van der Waals surface area contributed by atoms with Crippen LogP contribution in [0.3, 0.4) is 0 Å². The van der Waals surface area contributed by atoms with Crippen LogP contribution in [0.1, 0.15) is 15.9 Å². The van der Waals surface area contributed by atoms with Crippen LogP contribution >= 0.6 is 0 Å². The summed E-state index contributed by atoms with van der Waals surface area (Å²) in [5.74, 6) is -0.357. The standard InChI is InChI=1S/C14H14N4O3S/c1-22(20,21)18-13-4-2-3-11(9-13)10-16-17-14(19)12-5-7-15-8-6-12/h2-10,18H,1H3,(H,17,19). The topological polar surface area (TPSA) is 101 Å². The van der Waals surface area contributed by atoms with Gasteiger partial charge in [0.15, 0.2) is 0 Å². The molecule has 0 atom stereocenters. The molecule has 0 radical (unpaired) electrons. The van der Waals surface area contributed by atoms with Gasteiger partial charge in [0.2, 0.25) is 10.0 Å². The van der Waals surface area contributed by atoms with Crippen molar-refractivity contribution in [2.45, 2.75) is 0 Å². The van der Waals surface area contributed by atoms with Gasteiger partial charge in [-0.25, -0.2) is 13.8 Å². The number of amides is 1. The maximum atomic E-state index is 11.7. The van der Waals surface area contributed by atoms with E-state index in [0.717, 1.165) is 6.26 Å². The zero-order valence-corrected chi connectivity index (χ0v) is 12.5. The molecule has 2 rings (SSSR count). The van der Waals surface area contributed by atoms with Crippen molar-refractivity contribution < 1.29 is 13.2 Å². The molecule has 7 nitrogen and oxygen atoms in total. The Hall–Kier alpha value is -2.74. The molecule has 0 bridgehead atoms. The Kier molecular flexibility index (Phi) is 4.84. The van der Waals surface area contributed by atoms with Gasteiger partial charge in [0, 0.05) is 23.6 Å². The van der Waals surface area contributed by atoms with Gasteiger partial charge in [-0.15, -0.1) is 0 Å². The quantitative estimate of drug-likeness (QED) is 0.639. The highest BCUT2D eigenvalue weighted by molar-refractivity contribution is 7.92. The molecular formula is C14H14N4O3S. The normalized spacial score (nSPS) is 11.3. The van der Waals surface area contributed by atoms with Gasteiger partial charge in [0.1, 0.15) is 0 Å². The van der Waals surface area contributed by atoms with Crippen LogP contribution in [0.4, 0.5) is 5.69 Å². The van der Waals surface area contributed by atoms with Crippen LogP contribution in [0.5, 0.6) is 0 Å². The average Bonchev–Trinajstić information content (AvgIpc) is 2.47. The monoisotopic (exact) mass is 318 g/mol. The molecule has 2 N–H and O–H groups in total. The Labute approximate surface area is 128 Å². The molecule has 22 heavy (non-hydrogen) atoms. The second kappa shape index (κ2) is 6.81. The number of anilines is 1. The molecule has 0 saturated heterocycles. The maximum absolute atomic E-state index is 11.7.